The molecule has 100 valence electrons. The van der Waals surface area contributed by atoms with Gasteiger partial charge in [-0.3, -0.25) is 4.79 Å². The predicted molar refractivity (Wildman–Crippen MR) is 64.9 cm³/mol. The Balaban J connectivity index is 4.62. The molecule has 0 saturated carbocycles. The summed E-state index contributed by atoms with van der Waals surface area (Å²) in [5.74, 6) is -0.944. The molecule has 0 fully saturated rings. The van der Waals surface area contributed by atoms with Crippen molar-refractivity contribution in [3.05, 3.63) is 0 Å². The van der Waals surface area contributed by atoms with Crippen LogP contribution >= 0.6 is 0 Å². The van der Waals surface area contributed by atoms with Crippen LogP contribution in [0, 0.1) is 5.41 Å². The first-order valence-corrected chi connectivity index (χ1v) is 5.73. The minimum atomic E-state index is -1.02. The van der Waals surface area contributed by atoms with Gasteiger partial charge in [0, 0.05) is 6.04 Å². The Morgan fingerprint density at radius 3 is 2.00 bits per heavy atom. The fourth-order valence-corrected chi connectivity index (χ4v) is 1.39. The van der Waals surface area contributed by atoms with Crippen LogP contribution in [0.4, 0.5) is 4.79 Å². The van der Waals surface area contributed by atoms with Gasteiger partial charge in [0.05, 0.1) is 5.41 Å². The van der Waals surface area contributed by atoms with Crippen molar-refractivity contribution in [3.63, 3.8) is 0 Å². The fraction of sp³-hybridized carbons (Fsp3) is 0.833. The average Bonchev–Trinajstić information content (AvgIpc) is 2.10. The minimum absolute atomic E-state index is 0.463. The van der Waals surface area contributed by atoms with E-state index in [2.05, 4.69) is 5.32 Å². The molecule has 0 aliphatic rings. The number of carbonyl (C=O) groups is 2. The van der Waals surface area contributed by atoms with E-state index in [1.165, 1.54) is 0 Å². The summed E-state index contributed by atoms with van der Waals surface area (Å²) in [5, 5.41) is 11.7. The maximum Gasteiger partial charge on any atom is 0.407 e. The van der Waals surface area contributed by atoms with E-state index >= 15 is 0 Å². The van der Waals surface area contributed by atoms with Gasteiger partial charge in [-0.1, -0.05) is 6.92 Å². The van der Waals surface area contributed by atoms with Crippen LogP contribution in [-0.2, 0) is 9.53 Å². The second-order valence-electron chi connectivity index (χ2n) is 5.63. The fourth-order valence-electron chi connectivity index (χ4n) is 1.39. The van der Waals surface area contributed by atoms with E-state index in [0.717, 1.165) is 0 Å². The lowest BCUT2D eigenvalue weighted by molar-refractivity contribution is -0.148. The van der Waals surface area contributed by atoms with Crippen LogP contribution < -0.4 is 5.32 Å². The van der Waals surface area contributed by atoms with Crippen molar-refractivity contribution in [2.75, 3.05) is 0 Å². The number of nitrogens with one attached hydrogen (secondary N) is 1. The Hall–Kier alpha value is -1.26. The van der Waals surface area contributed by atoms with Crippen molar-refractivity contribution in [1.29, 1.82) is 0 Å². The second kappa shape index (κ2) is 5.38. The van der Waals surface area contributed by atoms with Crippen LogP contribution in [0.1, 0.15) is 48.0 Å². The topological polar surface area (TPSA) is 75.6 Å². The predicted octanol–water partition coefficient (Wildman–Crippen LogP) is 2.40. The highest BCUT2D eigenvalue weighted by Crippen LogP contribution is 2.23. The molecule has 0 aromatic rings. The Kier molecular flexibility index (Phi) is 4.98. The number of amides is 1. The molecule has 0 aromatic carbocycles. The first-order valence-electron chi connectivity index (χ1n) is 5.73. The summed E-state index contributed by atoms with van der Waals surface area (Å²) in [7, 11) is 0. The number of carboxylic acid groups (broad SMARTS) is 1. The number of hydrogen-bond donors (Lipinski definition) is 2. The second-order valence-corrected chi connectivity index (χ2v) is 5.63. The molecule has 0 aliphatic heterocycles. The molecular formula is C12H23NO4. The number of carboxylic acids is 1. The zero-order valence-electron chi connectivity index (χ0n) is 11.5. The molecule has 5 heteroatoms. The van der Waals surface area contributed by atoms with Gasteiger partial charge >= 0.3 is 12.1 Å². The standard InChI is InChI=1S/C12H23NO4/c1-7-8(12(5,6)9(14)15)13-10(16)17-11(2,3)4/h8H,7H2,1-6H3,(H,13,16)(H,14,15)/t8-/m1/s1. The molecule has 0 aromatic heterocycles. The maximum atomic E-state index is 11.6. The van der Waals surface area contributed by atoms with E-state index in [1.54, 1.807) is 34.6 Å². The van der Waals surface area contributed by atoms with Gasteiger partial charge < -0.3 is 15.2 Å². The zero-order valence-corrected chi connectivity index (χ0v) is 11.5. The number of rotatable bonds is 4. The highest BCUT2D eigenvalue weighted by atomic mass is 16.6. The smallest absolute Gasteiger partial charge is 0.407 e. The summed E-state index contributed by atoms with van der Waals surface area (Å²) in [6, 6.07) is -0.463. The lowest BCUT2D eigenvalue weighted by Gasteiger charge is -2.31. The van der Waals surface area contributed by atoms with Gasteiger partial charge in [0.15, 0.2) is 0 Å². The molecule has 0 aliphatic carbocycles. The van der Waals surface area contributed by atoms with E-state index in [-0.39, 0.29) is 0 Å². The molecular weight excluding hydrogens is 222 g/mol. The highest BCUT2D eigenvalue weighted by molar-refractivity contribution is 5.76. The summed E-state index contributed by atoms with van der Waals surface area (Å²) in [4.78, 5) is 22.7. The van der Waals surface area contributed by atoms with Crippen molar-refractivity contribution >= 4 is 12.1 Å². The van der Waals surface area contributed by atoms with Crippen molar-refractivity contribution in [1.82, 2.24) is 5.32 Å². The number of alkyl carbamates (subject to hydrolysis) is 1. The van der Waals surface area contributed by atoms with Gasteiger partial charge in [0.2, 0.25) is 0 Å². The van der Waals surface area contributed by atoms with Gasteiger partial charge in [-0.2, -0.15) is 0 Å². The minimum Gasteiger partial charge on any atom is -0.481 e. The van der Waals surface area contributed by atoms with Crippen LogP contribution in [0.3, 0.4) is 0 Å². The van der Waals surface area contributed by atoms with Crippen molar-refractivity contribution in [3.8, 4) is 0 Å². The van der Waals surface area contributed by atoms with E-state index in [4.69, 9.17) is 9.84 Å². The molecule has 0 rings (SSSR count). The Labute approximate surface area is 103 Å². The summed E-state index contributed by atoms with van der Waals surface area (Å²) in [5.41, 5.74) is -1.61. The molecule has 0 radical (unpaired) electrons. The molecule has 0 bridgehead atoms. The Morgan fingerprint density at radius 2 is 1.71 bits per heavy atom. The van der Waals surface area contributed by atoms with Crippen LogP contribution in [0.25, 0.3) is 0 Å². The van der Waals surface area contributed by atoms with Gasteiger partial charge in [-0.15, -0.1) is 0 Å². The van der Waals surface area contributed by atoms with Gasteiger partial charge in [0.25, 0.3) is 0 Å². The molecule has 1 atom stereocenters. The first kappa shape index (κ1) is 15.7. The maximum absolute atomic E-state index is 11.6. The lowest BCUT2D eigenvalue weighted by Crippen LogP contribution is -2.49. The molecule has 0 saturated heterocycles. The van der Waals surface area contributed by atoms with E-state index in [9.17, 15) is 9.59 Å². The lowest BCUT2D eigenvalue weighted by atomic mass is 9.83. The van der Waals surface area contributed by atoms with E-state index in [0.29, 0.717) is 6.42 Å². The van der Waals surface area contributed by atoms with E-state index in [1.807, 2.05) is 6.92 Å². The molecule has 1 amide bonds. The van der Waals surface area contributed by atoms with Crippen LogP contribution in [0.2, 0.25) is 0 Å². The third kappa shape index (κ3) is 5.06. The number of hydrogen-bond acceptors (Lipinski definition) is 3. The van der Waals surface area contributed by atoms with Gasteiger partial charge in [-0.25, -0.2) is 4.79 Å². The zero-order chi connectivity index (χ0) is 13.9. The van der Waals surface area contributed by atoms with Crippen molar-refractivity contribution < 1.29 is 19.4 Å². The van der Waals surface area contributed by atoms with Crippen molar-refractivity contribution in [2.24, 2.45) is 5.41 Å². The van der Waals surface area contributed by atoms with Crippen LogP contribution in [0.5, 0.6) is 0 Å². The summed E-state index contributed by atoms with van der Waals surface area (Å²) in [6.07, 6.45) is -0.0582. The molecule has 0 heterocycles. The normalized spacial score (nSPS) is 14.0. The third-order valence-electron chi connectivity index (χ3n) is 2.52. The quantitative estimate of drug-likeness (QED) is 0.797. The molecule has 0 spiro atoms. The molecule has 5 nitrogen and oxygen atoms in total. The summed E-state index contributed by atoms with van der Waals surface area (Å²) in [6.45, 7) is 10.3. The van der Waals surface area contributed by atoms with Gasteiger partial charge in [-0.05, 0) is 41.0 Å². The highest BCUT2D eigenvalue weighted by Gasteiger charge is 2.37. The first-order chi connectivity index (χ1) is 7.50. The summed E-state index contributed by atoms with van der Waals surface area (Å²) >= 11 is 0. The largest absolute Gasteiger partial charge is 0.481 e. The van der Waals surface area contributed by atoms with Crippen LogP contribution in [0.15, 0.2) is 0 Å². The number of aliphatic carboxylic acids is 1. The van der Waals surface area contributed by atoms with Crippen LogP contribution in [-0.4, -0.2) is 28.8 Å². The van der Waals surface area contributed by atoms with Crippen molar-refractivity contribution in [2.45, 2.75) is 59.6 Å². The molecule has 0 unspecified atom stereocenters. The average molecular weight is 245 g/mol. The van der Waals surface area contributed by atoms with Gasteiger partial charge in [0.1, 0.15) is 5.60 Å². The van der Waals surface area contributed by atoms with E-state index < -0.39 is 29.1 Å². The number of ether oxygens (including phenoxy) is 1. The number of carbonyl (C=O) groups excluding carboxylic acids is 1. The molecule has 17 heavy (non-hydrogen) atoms. The Bertz CT molecular complexity index is 291. The monoisotopic (exact) mass is 245 g/mol. The SMILES string of the molecule is CC[C@@H](NC(=O)OC(C)(C)C)C(C)(C)C(=O)O. The molecule has 2 N–H and O–H groups in total. The Morgan fingerprint density at radius 1 is 1.24 bits per heavy atom. The summed E-state index contributed by atoms with van der Waals surface area (Å²) < 4.78 is 5.10. The third-order valence-corrected chi connectivity index (χ3v) is 2.52.